The van der Waals surface area contributed by atoms with Crippen LogP contribution in [0.3, 0.4) is 0 Å². The van der Waals surface area contributed by atoms with Gasteiger partial charge in [-0.2, -0.15) is 0 Å². The summed E-state index contributed by atoms with van der Waals surface area (Å²) in [5.74, 6) is 0. The van der Waals surface area contributed by atoms with Crippen LogP contribution in [0.2, 0.25) is 0 Å². The molecular weight excluding hydrogens is 254 g/mol. The first kappa shape index (κ1) is 12.9. The van der Waals surface area contributed by atoms with Gasteiger partial charge in [0.1, 0.15) is 0 Å². The smallest absolute Gasteiger partial charge is 0.0594 e. The third kappa shape index (κ3) is 3.44. The molecule has 0 bridgehead atoms. The number of ether oxygens (including phenoxy) is 1. The van der Waals surface area contributed by atoms with Crippen LogP contribution in [0.15, 0.2) is 41.8 Å². The minimum atomic E-state index is 0.884. The van der Waals surface area contributed by atoms with Crippen LogP contribution in [-0.2, 0) is 11.2 Å². The summed E-state index contributed by atoms with van der Waals surface area (Å²) in [6.45, 7) is 5.05. The molecule has 0 unspecified atom stereocenters. The Bertz CT molecular complexity index is 503. The normalized spacial score (nSPS) is 16.6. The topological polar surface area (TPSA) is 12.5 Å². The lowest BCUT2D eigenvalue weighted by Crippen LogP contribution is -2.37. The molecule has 0 atom stereocenters. The molecule has 0 spiro atoms. The molecule has 0 N–H and O–H groups in total. The fourth-order valence-corrected chi connectivity index (χ4v) is 3.16. The van der Waals surface area contributed by atoms with Gasteiger partial charge in [0.25, 0.3) is 0 Å². The van der Waals surface area contributed by atoms with Crippen molar-refractivity contribution in [2.75, 3.05) is 32.8 Å². The number of benzene rings is 1. The molecule has 1 aliphatic heterocycles. The highest BCUT2D eigenvalue weighted by molar-refractivity contribution is 7.13. The van der Waals surface area contributed by atoms with E-state index in [2.05, 4.69) is 46.7 Å². The van der Waals surface area contributed by atoms with Crippen LogP contribution in [-0.4, -0.2) is 37.7 Å². The Balaban J connectivity index is 1.63. The summed E-state index contributed by atoms with van der Waals surface area (Å²) in [5, 5.41) is 2.13. The van der Waals surface area contributed by atoms with Crippen molar-refractivity contribution in [2.45, 2.75) is 6.42 Å². The van der Waals surface area contributed by atoms with E-state index in [0.717, 1.165) is 39.3 Å². The fraction of sp³-hybridized carbons (Fsp3) is 0.375. The second-order valence-electron chi connectivity index (χ2n) is 4.88. The molecule has 0 saturated carbocycles. The lowest BCUT2D eigenvalue weighted by Gasteiger charge is -2.26. The van der Waals surface area contributed by atoms with E-state index in [4.69, 9.17) is 4.74 Å². The van der Waals surface area contributed by atoms with Gasteiger partial charge in [-0.25, -0.2) is 0 Å². The standard InChI is InChI=1S/C16H19NOS/c1-3-14(6-7-17-8-10-18-11-9-17)13-15(4-1)16-5-2-12-19-16/h1-5,12-13H,6-11H2. The molecule has 2 nitrogen and oxygen atoms in total. The van der Waals surface area contributed by atoms with E-state index >= 15 is 0 Å². The molecule has 0 amide bonds. The summed E-state index contributed by atoms with van der Waals surface area (Å²) in [6, 6.07) is 13.2. The minimum absolute atomic E-state index is 0.884. The number of morpholine rings is 1. The van der Waals surface area contributed by atoms with Crippen molar-refractivity contribution < 1.29 is 4.74 Å². The van der Waals surface area contributed by atoms with E-state index in [-0.39, 0.29) is 0 Å². The average molecular weight is 273 g/mol. The summed E-state index contributed by atoms with van der Waals surface area (Å²) in [4.78, 5) is 3.84. The quantitative estimate of drug-likeness (QED) is 0.847. The number of hydrogen-bond donors (Lipinski definition) is 0. The molecule has 1 aromatic heterocycles. The molecule has 0 radical (unpaired) electrons. The van der Waals surface area contributed by atoms with E-state index in [9.17, 15) is 0 Å². The monoisotopic (exact) mass is 273 g/mol. The summed E-state index contributed by atoms with van der Waals surface area (Å²) in [5.41, 5.74) is 2.77. The minimum Gasteiger partial charge on any atom is -0.379 e. The SMILES string of the molecule is c1cc(CCN2CCOCC2)cc(-c2cccs2)c1. The van der Waals surface area contributed by atoms with Gasteiger partial charge in [-0.05, 0) is 29.0 Å². The predicted octanol–water partition coefficient (Wildman–Crippen LogP) is 3.29. The lowest BCUT2D eigenvalue weighted by atomic mass is 10.1. The van der Waals surface area contributed by atoms with Crippen LogP contribution in [0.5, 0.6) is 0 Å². The van der Waals surface area contributed by atoms with Gasteiger partial charge >= 0.3 is 0 Å². The maximum absolute atomic E-state index is 5.38. The molecule has 1 saturated heterocycles. The Kier molecular flexibility index (Phi) is 4.28. The summed E-state index contributed by atoms with van der Waals surface area (Å²) in [7, 11) is 0. The molecule has 19 heavy (non-hydrogen) atoms. The maximum atomic E-state index is 5.38. The van der Waals surface area contributed by atoms with Crippen LogP contribution in [0, 0.1) is 0 Å². The van der Waals surface area contributed by atoms with Gasteiger partial charge < -0.3 is 4.74 Å². The number of rotatable bonds is 4. The van der Waals surface area contributed by atoms with Gasteiger partial charge in [0.15, 0.2) is 0 Å². The number of nitrogens with zero attached hydrogens (tertiary/aromatic N) is 1. The summed E-state index contributed by atoms with van der Waals surface area (Å²) >= 11 is 1.80. The van der Waals surface area contributed by atoms with Gasteiger partial charge in [0.05, 0.1) is 13.2 Å². The molecule has 2 aromatic rings. The van der Waals surface area contributed by atoms with E-state index < -0.39 is 0 Å². The van der Waals surface area contributed by atoms with E-state index in [1.807, 2.05) is 0 Å². The largest absolute Gasteiger partial charge is 0.379 e. The van der Waals surface area contributed by atoms with Gasteiger partial charge in [-0.15, -0.1) is 11.3 Å². The molecule has 3 heteroatoms. The Hall–Kier alpha value is -1.16. The van der Waals surface area contributed by atoms with Crippen LogP contribution in [0.1, 0.15) is 5.56 Å². The second-order valence-corrected chi connectivity index (χ2v) is 5.83. The van der Waals surface area contributed by atoms with Crippen molar-refractivity contribution in [2.24, 2.45) is 0 Å². The van der Waals surface area contributed by atoms with Crippen LogP contribution in [0.25, 0.3) is 10.4 Å². The maximum Gasteiger partial charge on any atom is 0.0594 e. The molecule has 0 aliphatic carbocycles. The zero-order valence-corrected chi connectivity index (χ0v) is 11.9. The van der Waals surface area contributed by atoms with Crippen molar-refractivity contribution in [3.05, 3.63) is 47.3 Å². The first-order valence-electron chi connectivity index (χ1n) is 6.85. The van der Waals surface area contributed by atoms with Crippen molar-refractivity contribution in [3.8, 4) is 10.4 Å². The Labute approximate surface area is 118 Å². The van der Waals surface area contributed by atoms with E-state index in [1.54, 1.807) is 11.3 Å². The fourth-order valence-electron chi connectivity index (χ4n) is 2.43. The van der Waals surface area contributed by atoms with Gasteiger partial charge in [-0.1, -0.05) is 30.3 Å². The third-order valence-corrected chi connectivity index (χ3v) is 4.47. The molecule has 3 rings (SSSR count). The average Bonchev–Trinajstić information content (AvgIpc) is 3.01. The zero-order valence-electron chi connectivity index (χ0n) is 11.0. The highest BCUT2D eigenvalue weighted by Gasteiger charge is 2.10. The molecule has 100 valence electrons. The molecule has 1 aromatic carbocycles. The molecule has 2 heterocycles. The zero-order chi connectivity index (χ0) is 12.9. The third-order valence-electron chi connectivity index (χ3n) is 3.55. The highest BCUT2D eigenvalue weighted by Crippen LogP contribution is 2.25. The van der Waals surface area contributed by atoms with E-state index in [0.29, 0.717) is 0 Å². The van der Waals surface area contributed by atoms with Crippen molar-refractivity contribution in [3.63, 3.8) is 0 Å². The highest BCUT2D eigenvalue weighted by atomic mass is 32.1. The lowest BCUT2D eigenvalue weighted by molar-refractivity contribution is 0.0384. The Morgan fingerprint density at radius 1 is 1.11 bits per heavy atom. The van der Waals surface area contributed by atoms with Gasteiger partial charge in [0.2, 0.25) is 0 Å². The second kappa shape index (κ2) is 6.33. The van der Waals surface area contributed by atoms with Crippen molar-refractivity contribution in [1.82, 2.24) is 4.90 Å². The van der Waals surface area contributed by atoms with E-state index in [1.165, 1.54) is 16.0 Å². The number of thiophene rings is 1. The Morgan fingerprint density at radius 2 is 2.00 bits per heavy atom. The van der Waals surface area contributed by atoms with Crippen LogP contribution < -0.4 is 0 Å². The number of hydrogen-bond acceptors (Lipinski definition) is 3. The summed E-state index contributed by atoms with van der Waals surface area (Å²) < 4.78 is 5.38. The molecular formula is C16H19NOS. The van der Waals surface area contributed by atoms with Crippen LogP contribution >= 0.6 is 11.3 Å². The van der Waals surface area contributed by atoms with Crippen molar-refractivity contribution in [1.29, 1.82) is 0 Å². The predicted molar refractivity (Wildman–Crippen MR) is 80.7 cm³/mol. The summed E-state index contributed by atoms with van der Waals surface area (Å²) in [6.07, 6.45) is 1.12. The van der Waals surface area contributed by atoms with Gasteiger partial charge in [-0.3, -0.25) is 4.90 Å². The van der Waals surface area contributed by atoms with Crippen LogP contribution in [0.4, 0.5) is 0 Å². The first-order chi connectivity index (χ1) is 9.42. The molecule has 1 aliphatic rings. The first-order valence-corrected chi connectivity index (χ1v) is 7.73. The Morgan fingerprint density at radius 3 is 2.79 bits per heavy atom. The molecule has 1 fully saturated rings. The van der Waals surface area contributed by atoms with Gasteiger partial charge in [0, 0.05) is 24.5 Å². The van der Waals surface area contributed by atoms with Crippen molar-refractivity contribution >= 4 is 11.3 Å².